The summed E-state index contributed by atoms with van der Waals surface area (Å²) in [5.74, 6) is 0.904. The molecule has 0 aromatic heterocycles. The first kappa shape index (κ1) is 16.9. The van der Waals surface area contributed by atoms with Gasteiger partial charge < -0.3 is 10.1 Å². The van der Waals surface area contributed by atoms with Gasteiger partial charge in [0, 0.05) is 6.54 Å². The number of primary sulfonamides is 1. The first-order chi connectivity index (χ1) is 9.51. The predicted octanol–water partition coefficient (Wildman–Crippen LogP) is 1.63. The Hall–Kier alpha value is -1.11. The van der Waals surface area contributed by atoms with Gasteiger partial charge in [-0.1, -0.05) is 25.5 Å². The van der Waals surface area contributed by atoms with Gasteiger partial charge in [0.15, 0.2) is 0 Å². The molecule has 0 unspecified atom stereocenters. The van der Waals surface area contributed by atoms with Gasteiger partial charge >= 0.3 is 0 Å². The lowest BCUT2D eigenvalue weighted by molar-refractivity contribution is 0.309. The Balaban J connectivity index is 2.21. The number of rotatable bonds is 10. The van der Waals surface area contributed by atoms with E-state index in [-0.39, 0.29) is 5.75 Å². The van der Waals surface area contributed by atoms with Gasteiger partial charge in [-0.25, -0.2) is 13.6 Å². The van der Waals surface area contributed by atoms with Gasteiger partial charge in [0.25, 0.3) is 0 Å². The summed E-state index contributed by atoms with van der Waals surface area (Å²) in [5.41, 5.74) is 1.14. The summed E-state index contributed by atoms with van der Waals surface area (Å²) in [6.07, 6.45) is 2.71. The van der Waals surface area contributed by atoms with Crippen LogP contribution in [0.5, 0.6) is 5.75 Å². The molecule has 6 heteroatoms. The second-order valence-electron chi connectivity index (χ2n) is 4.74. The van der Waals surface area contributed by atoms with Crippen molar-refractivity contribution >= 4 is 10.0 Å². The minimum Gasteiger partial charge on any atom is -0.494 e. The Bertz CT molecular complexity index is 472. The van der Waals surface area contributed by atoms with Gasteiger partial charge in [-0.05, 0) is 37.1 Å². The standard InChI is InChI=1S/C14H24N2O3S/c1-2-3-10-19-14-7-5-13(6-8-14)12-16-9-4-11-20(15,17)18/h5-8,16H,2-4,9-12H2,1H3,(H2,15,17,18). The maximum Gasteiger partial charge on any atom is 0.209 e. The molecular formula is C14H24N2O3S. The Morgan fingerprint density at radius 3 is 2.50 bits per heavy atom. The zero-order valence-electron chi connectivity index (χ0n) is 12.0. The highest BCUT2D eigenvalue weighted by Gasteiger charge is 2.01. The fraction of sp³-hybridized carbons (Fsp3) is 0.571. The summed E-state index contributed by atoms with van der Waals surface area (Å²) < 4.78 is 27.1. The van der Waals surface area contributed by atoms with Crippen molar-refractivity contribution in [3.05, 3.63) is 29.8 Å². The summed E-state index contributed by atoms with van der Waals surface area (Å²) in [6.45, 7) is 4.22. The fourth-order valence-electron chi connectivity index (χ4n) is 1.67. The van der Waals surface area contributed by atoms with Crippen molar-refractivity contribution in [1.29, 1.82) is 0 Å². The number of benzene rings is 1. The van der Waals surface area contributed by atoms with Crippen molar-refractivity contribution < 1.29 is 13.2 Å². The SMILES string of the molecule is CCCCOc1ccc(CNCCCS(N)(=O)=O)cc1. The lowest BCUT2D eigenvalue weighted by atomic mass is 10.2. The summed E-state index contributed by atoms with van der Waals surface area (Å²) >= 11 is 0. The van der Waals surface area contributed by atoms with Crippen LogP contribution in [0.15, 0.2) is 24.3 Å². The fourth-order valence-corrected chi connectivity index (χ4v) is 2.22. The zero-order chi connectivity index (χ0) is 14.8. The Morgan fingerprint density at radius 1 is 1.20 bits per heavy atom. The third-order valence-corrected chi connectivity index (χ3v) is 3.66. The quantitative estimate of drug-likeness (QED) is 0.644. The maximum absolute atomic E-state index is 10.7. The highest BCUT2D eigenvalue weighted by atomic mass is 32.2. The highest BCUT2D eigenvalue weighted by molar-refractivity contribution is 7.89. The minimum absolute atomic E-state index is 0.0181. The topological polar surface area (TPSA) is 81.4 Å². The Kier molecular flexibility index (Phi) is 7.58. The average Bonchev–Trinajstić information content (AvgIpc) is 2.39. The van der Waals surface area contributed by atoms with E-state index in [2.05, 4.69) is 12.2 Å². The van der Waals surface area contributed by atoms with Gasteiger partial charge in [-0.3, -0.25) is 0 Å². The molecule has 0 atom stereocenters. The largest absolute Gasteiger partial charge is 0.494 e. The molecule has 1 aromatic rings. The molecule has 0 saturated carbocycles. The first-order valence-electron chi connectivity index (χ1n) is 6.94. The van der Waals surface area contributed by atoms with Crippen molar-refractivity contribution in [3.8, 4) is 5.75 Å². The molecule has 20 heavy (non-hydrogen) atoms. The molecule has 0 heterocycles. The van der Waals surface area contributed by atoms with Crippen molar-refractivity contribution in [2.75, 3.05) is 18.9 Å². The molecule has 0 aliphatic heterocycles. The lowest BCUT2D eigenvalue weighted by Gasteiger charge is -2.07. The number of nitrogens with two attached hydrogens (primary N) is 1. The molecular weight excluding hydrogens is 276 g/mol. The van der Waals surface area contributed by atoms with Crippen LogP contribution in [0.4, 0.5) is 0 Å². The zero-order valence-corrected chi connectivity index (χ0v) is 12.8. The van der Waals surface area contributed by atoms with Gasteiger partial charge in [0.2, 0.25) is 10.0 Å². The molecule has 5 nitrogen and oxygen atoms in total. The second-order valence-corrected chi connectivity index (χ2v) is 6.48. The van der Waals surface area contributed by atoms with Crippen molar-refractivity contribution in [3.63, 3.8) is 0 Å². The van der Waals surface area contributed by atoms with Crippen LogP contribution in [-0.4, -0.2) is 27.3 Å². The van der Waals surface area contributed by atoms with E-state index in [0.29, 0.717) is 19.5 Å². The molecule has 0 fully saturated rings. The number of sulfonamides is 1. The van der Waals surface area contributed by atoms with E-state index in [9.17, 15) is 8.42 Å². The monoisotopic (exact) mass is 300 g/mol. The van der Waals surface area contributed by atoms with Gasteiger partial charge in [0.1, 0.15) is 5.75 Å². The van der Waals surface area contributed by atoms with Gasteiger partial charge in [-0.2, -0.15) is 0 Å². The normalized spacial score (nSPS) is 11.5. The van der Waals surface area contributed by atoms with Crippen LogP contribution in [0.2, 0.25) is 0 Å². The molecule has 0 spiro atoms. The first-order valence-corrected chi connectivity index (χ1v) is 8.66. The van der Waals surface area contributed by atoms with Crippen LogP contribution in [0.25, 0.3) is 0 Å². The molecule has 114 valence electrons. The predicted molar refractivity (Wildman–Crippen MR) is 81.1 cm³/mol. The maximum atomic E-state index is 10.7. The molecule has 0 radical (unpaired) electrons. The third kappa shape index (κ3) is 8.14. The number of unbranched alkanes of at least 4 members (excludes halogenated alkanes) is 1. The van der Waals surface area contributed by atoms with E-state index in [1.54, 1.807) is 0 Å². The molecule has 1 rings (SSSR count). The molecule has 0 amide bonds. The van der Waals surface area contributed by atoms with E-state index in [1.165, 1.54) is 0 Å². The van der Waals surface area contributed by atoms with Crippen LogP contribution in [0.1, 0.15) is 31.7 Å². The molecule has 0 aliphatic rings. The number of hydrogen-bond donors (Lipinski definition) is 2. The van der Waals surface area contributed by atoms with Crippen LogP contribution in [0, 0.1) is 0 Å². The highest BCUT2D eigenvalue weighted by Crippen LogP contribution is 2.12. The molecule has 1 aromatic carbocycles. The average molecular weight is 300 g/mol. The summed E-state index contributed by atoms with van der Waals surface area (Å²) in [7, 11) is -3.34. The van der Waals surface area contributed by atoms with Crippen LogP contribution >= 0.6 is 0 Å². The van der Waals surface area contributed by atoms with Gasteiger partial charge in [0.05, 0.1) is 12.4 Å². The molecule has 0 saturated heterocycles. The number of hydrogen-bond acceptors (Lipinski definition) is 4. The van der Waals surface area contributed by atoms with Crippen molar-refractivity contribution in [1.82, 2.24) is 5.32 Å². The summed E-state index contributed by atoms with van der Waals surface area (Å²) in [5, 5.41) is 8.11. The second kappa shape index (κ2) is 8.94. The van der Waals surface area contributed by atoms with Crippen LogP contribution in [-0.2, 0) is 16.6 Å². The van der Waals surface area contributed by atoms with E-state index >= 15 is 0 Å². The van der Waals surface area contributed by atoms with E-state index in [4.69, 9.17) is 9.88 Å². The number of nitrogens with one attached hydrogen (secondary N) is 1. The van der Waals surface area contributed by atoms with E-state index in [1.807, 2.05) is 24.3 Å². The Labute approximate surface area is 121 Å². The van der Waals surface area contributed by atoms with Crippen molar-refractivity contribution in [2.24, 2.45) is 5.14 Å². The molecule has 0 bridgehead atoms. The van der Waals surface area contributed by atoms with Crippen LogP contribution in [0.3, 0.4) is 0 Å². The lowest BCUT2D eigenvalue weighted by Crippen LogP contribution is -2.22. The smallest absolute Gasteiger partial charge is 0.209 e. The molecule has 0 aliphatic carbocycles. The van der Waals surface area contributed by atoms with Crippen molar-refractivity contribution in [2.45, 2.75) is 32.7 Å². The van der Waals surface area contributed by atoms with Crippen LogP contribution < -0.4 is 15.2 Å². The van der Waals surface area contributed by atoms with E-state index in [0.717, 1.165) is 30.8 Å². The molecule has 3 N–H and O–H groups in total. The van der Waals surface area contributed by atoms with E-state index < -0.39 is 10.0 Å². The minimum atomic E-state index is -3.34. The summed E-state index contributed by atoms with van der Waals surface area (Å²) in [4.78, 5) is 0. The third-order valence-electron chi connectivity index (χ3n) is 2.80. The summed E-state index contributed by atoms with van der Waals surface area (Å²) in [6, 6.07) is 7.93. The Morgan fingerprint density at radius 2 is 1.90 bits per heavy atom. The number of ether oxygens (including phenoxy) is 1. The van der Waals surface area contributed by atoms with Gasteiger partial charge in [-0.15, -0.1) is 0 Å².